The van der Waals surface area contributed by atoms with Crippen molar-refractivity contribution in [3.05, 3.63) is 30.2 Å². The highest BCUT2D eigenvalue weighted by molar-refractivity contribution is 5.79. The lowest BCUT2D eigenvalue weighted by atomic mass is 9.83. The van der Waals surface area contributed by atoms with E-state index in [1.807, 2.05) is 0 Å². The first-order valence-electron chi connectivity index (χ1n) is 9.27. The quantitative estimate of drug-likeness (QED) is 0.808. The van der Waals surface area contributed by atoms with E-state index in [1.165, 1.54) is 12.1 Å². The molecule has 1 aromatic carbocycles. The molecule has 2 bridgehead atoms. The number of aliphatic hydroxyl groups excluding tert-OH is 1. The van der Waals surface area contributed by atoms with Gasteiger partial charge in [0.1, 0.15) is 11.6 Å². The largest absolute Gasteiger partial charge is 0.390 e. The van der Waals surface area contributed by atoms with Gasteiger partial charge in [-0.05, 0) is 18.6 Å². The number of hydrogen-bond donors (Lipinski definition) is 2. The molecule has 5 rings (SSSR count). The van der Waals surface area contributed by atoms with Crippen LogP contribution in [0.2, 0.25) is 0 Å². The van der Waals surface area contributed by atoms with Gasteiger partial charge in [-0.15, -0.1) is 0 Å². The van der Waals surface area contributed by atoms with Crippen molar-refractivity contribution in [1.29, 1.82) is 0 Å². The van der Waals surface area contributed by atoms with Crippen molar-refractivity contribution in [2.75, 3.05) is 25.0 Å². The molecule has 3 saturated heterocycles. The fourth-order valence-electron chi connectivity index (χ4n) is 4.95. The van der Waals surface area contributed by atoms with Gasteiger partial charge in [0.05, 0.1) is 41.5 Å². The molecule has 142 valence electrons. The van der Waals surface area contributed by atoms with Crippen LogP contribution in [0.1, 0.15) is 6.42 Å². The maximum absolute atomic E-state index is 13.5. The Bertz CT molecular complexity index is 910. The lowest BCUT2D eigenvalue weighted by Gasteiger charge is -2.36. The van der Waals surface area contributed by atoms with Crippen LogP contribution in [0, 0.1) is 23.6 Å². The standard InChI is InChI=1S/C19H21FN4O3/c1-21-19(26)10-5-15-17(25)11-7-24(8-12(11)18(10)27-15)16-6-22-13-3-2-9(20)4-14(13)23-16/h2-4,6,10-12,15,17-18,25H,5,7-8H2,1H3,(H,21,26)/t10?,11-,12+,15+,17+,18-/m1/s1. The molecular weight excluding hydrogens is 351 g/mol. The lowest BCUT2D eigenvalue weighted by Crippen LogP contribution is -2.47. The van der Waals surface area contributed by atoms with Crippen LogP contribution in [0.3, 0.4) is 0 Å². The number of anilines is 1. The Balaban J connectivity index is 1.44. The summed E-state index contributed by atoms with van der Waals surface area (Å²) in [6, 6.07) is 4.34. The summed E-state index contributed by atoms with van der Waals surface area (Å²) < 4.78 is 19.5. The normalized spacial score (nSPS) is 34.7. The van der Waals surface area contributed by atoms with E-state index in [0.29, 0.717) is 36.4 Å². The number of carbonyl (C=O) groups is 1. The monoisotopic (exact) mass is 372 g/mol. The first-order chi connectivity index (χ1) is 13.0. The fraction of sp³-hybridized carbons (Fsp3) is 0.526. The number of rotatable bonds is 2. The predicted molar refractivity (Wildman–Crippen MR) is 95.5 cm³/mol. The molecule has 8 heteroatoms. The van der Waals surface area contributed by atoms with E-state index in [2.05, 4.69) is 20.2 Å². The summed E-state index contributed by atoms with van der Waals surface area (Å²) in [5.41, 5.74) is 1.14. The molecule has 4 heterocycles. The number of amides is 1. The molecule has 7 nitrogen and oxygen atoms in total. The number of aromatic nitrogens is 2. The summed E-state index contributed by atoms with van der Waals surface area (Å²) in [6.07, 6.45) is 1.15. The van der Waals surface area contributed by atoms with Crippen LogP contribution in [0.4, 0.5) is 10.2 Å². The van der Waals surface area contributed by atoms with Crippen LogP contribution in [-0.2, 0) is 9.53 Å². The zero-order valence-corrected chi connectivity index (χ0v) is 14.9. The molecule has 0 radical (unpaired) electrons. The van der Waals surface area contributed by atoms with Gasteiger partial charge in [-0.2, -0.15) is 0 Å². The second-order valence-corrected chi connectivity index (χ2v) is 7.68. The fourth-order valence-corrected chi connectivity index (χ4v) is 4.95. The maximum atomic E-state index is 13.5. The molecule has 0 spiro atoms. The molecule has 2 aromatic rings. The van der Waals surface area contributed by atoms with Gasteiger partial charge in [-0.1, -0.05) is 0 Å². The summed E-state index contributed by atoms with van der Waals surface area (Å²) in [4.78, 5) is 23.2. The first-order valence-corrected chi connectivity index (χ1v) is 9.27. The average Bonchev–Trinajstić information content (AvgIpc) is 3.29. The van der Waals surface area contributed by atoms with Gasteiger partial charge in [-0.25, -0.2) is 9.37 Å². The highest BCUT2D eigenvalue weighted by atomic mass is 19.1. The van der Waals surface area contributed by atoms with Crippen LogP contribution in [0.5, 0.6) is 0 Å². The predicted octanol–water partition coefficient (Wildman–Crippen LogP) is 0.715. The van der Waals surface area contributed by atoms with Gasteiger partial charge in [0.25, 0.3) is 0 Å². The number of benzene rings is 1. The maximum Gasteiger partial charge on any atom is 0.225 e. The molecule has 0 aliphatic carbocycles. The van der Waals surface area contributed by atoms with Crippen molar-refractivity contribution in [2.45, 2.75) is 24.7 Å². The Hall–Kier alpha value is -2.32. The molecule has 6 atom stereocenters. The molecule has 3 aliphatic heterocycles. The van der Waals surface area contributed by atoms with E-state index in [9.17, 15) is 14.3 Å². The third-order valence-electron chi connectivity index (χ3n) is 6.27. The molecule has 27 heavy (non-hydrogen) atoms. The van der Waals surface area contributed by atoms with Crippen molar-refractivity contribution in [3.8, 4) is 0 Å². The van der Waals surface area contributed by atoms with Gasteiger partial charge >= 0.3 is 0 Å². The number of carbonyl (C=O) groups excluding carboxylic acids is 1. The molecule has 0 saturated carbocycles. The van der Waals surface area contributed by atoms with E-state index < -0.39 is 6.10 Å². The molecular formula is C19H21FN4O3. The minimum Gasteiger partial charge on any atom is -0.390 e. The molecule has 3 fully saturated rings. The van der Waals surface area contributed by atoms with E-state index >= 15 is 0 Å². The van der Waals surface area contributed by atoms with E-state index in [0.717, 1.165) is 0 Å². The third kappa shape index (κ3) is 2.58. The Labute approximate surface area is 155 Å². The van der Waals surface area contributed by atoms with Gasteiger partial charge in [0, 0.05) is 38.0 Å². The number of fused-ring (bicyclic) bond motifs is 5. The summed E-state index contributed by atoms with van der Waals surface area (Å²) >= 11 is 0. The van der Waals surface area contributed by atoms with Crippen LogP contribution in [0.15, 0.2) is 24.4 Å². The van der Waals surface area contributed by atoms with Crippen LogP contribution in [-0.4, -0.2) is 59.4 Å². The van der Waals surface area contributed by atoms with Crippen LogP contribution < -0.4 is 10.2 Å². The highest BCUT2D eigenvalue weighted by Gasteiger charge is 2.57. The van der Waals surface area contributed by atoms with Gasteiger partial charge in [0.2, 0.25) is 5.91 Å². The highest BCUT2D eigenvalue weighted by Crippen LogP contribution is 2.47. The third-order valence-corrected chi connectivity index (χ3v) is 6.27. The number of hydrogen-bond acceptors (Lipinski definition) is 6. The Morgan fingerprint density at radius 2 is 2.15 bits per heavy atom. The second kappa shape index (κ2) is 6.10. The van der Waals surface area contributed by atoms with Crippen molar-refractivity contribution in [2.24, 2.45) is 17.8 Å². The van der Waals surface area contributed by atoms with Crippen molar-refractivity contribution in [3.63, 3.8) is 0 Å². The van der Waals surface area contributed by atoms with Gasteiger partial charge in [0.15, 0.2) is 0 Å². The summed E-state index contributed by atoms with van der Waals surface area (Å²) in [5, 5.41) is 13.5. The number of ether oxygens (including phenoxy) is 1. The topological polar surface area (TPSA) is 87.6 Å². The molecule has 3 aliphatic rings. The summed E-state index contributed by atoms with van der Waals surface area (Å²) in [6.45, 7) is 1.25. The summed E-state index contributed by atoms with van der Waals surface area (Å²) in [5.74, 6) is 0.108. The SMILES string of the molecule is CNC(=O)C1C[C@@H]2O[C@H]1[C@H]1CN(c3cnc4ccc(F)cc4n3)C[C@H]1[C@@H]2O. The van der Waals surface area contributed by atoms with Crippen molar-refractivity contribution >= 4 is 22.8 Å². The zero-order valence-electron chi connectivity index (χ0n) is 14.9. The number of aliphatic hydroxyl groups is 1. The number of halogens is 1. The molecule has 2 N–H and O–H groups in total. The number of nitrogens with zero attached hydrogens (tertiary/aromatic N) is 3. The van der Waals surface area contributed by atoms with Gasteiger partial charge in [-0.3, -0.25) is 9.78 Å². The average molecular weight is 372 g/mol. The number of nitrogens with one attached hydrogen (secondary N) is 1. The van der Waals surface area contributed by atoms with E-state index in [4.69, 9.17) is 4.74 Å². The molecule has 1 unspecified atom stereocenters. The minimum atomic E-state index is -0.600. The smallest absolute Gasteiger partial charge is 0.225 e. The van der Waals surface area contributed by atoms with Crippen molar-refractivity contribution < 1.29 is 19.0 Å². The van der Waals surface area contributed by atoms with Crippen molar-refractivity contribution in [1.82, 2.24) is 15.3 Å². The van der Waals surface area contributed by atoms with Gasteiger partial charge < -0.3 is 20.1 Å². The van der Waals surface area contributed by atoms with E-state index in [1.54, 1.807) is 19.3 Å². The lowest BCUT2D eigenvalue weighted by molar-refractivity contribution is -0.140. The zero-order chi connectivity index (χ0) is 18.7. The first kappa shape index (κ1) is 16.8. The molecule has 1 aromatic heterocycles. The summed E-state index contributed by atoms with van der Waals surface area (Å²) in [7, 11) is 1.63. The second-order valence-electron chi connectivity index (χ2n) is 7.68. The van der Waals surface area contributed by atoms with Crippen LogP contribution >= 0.6 is 0 Å². The Morgan fingerprint density at radius 1 is 1.33 bits per heavy atom. The Morgan fingerprint density at radius 3 is 2.96 bits per heavy atom. The van der Waals surface area contributed by atoms with Crippen LogP contribution in [0.25, 0.3) is 11.0 Å². The Kier molecular flexibility index (Phi) is 3.80. The van der Waals surface area contributed by atoms with E-state index in [-0.39, 0.29) is 41.7 Å². The minimum absolute atomic E-state index is 0.0217. The molecule has 1 amide bonds.